The standard InChI is InChI=1S/C18H18FN3OS2/c1-11-6-5-9-15(12(11)2)20-17-21-22-18(25-17)24-10-16(23)13-7-3-4-8-14(13)19/h3-9,16,23H,10H2,1-2H3,(H,20,21)/t16-/m1/s1. The summed E-state index contributed by atoms with van der Waals surface area (Å²) >= 11 is 2.77. The van der Waals surface area contributed by atoms with E-state index in [2.05, 4.69) is 35.4 Å². The van der Waals surface area contributed by atoms with Crippen LogP contribution in [0.3, 0.4) is 0 Å². The molecule has 0 unspecified atom stereocenters. The molecule has 0 saturated carbocycles. The topological polar surface area (TPSA) is 58.0 Å². The molecule has 2 N–H and O–H groups in total. The van der Waals surface area contributed by atoms with Crippen molar-refractivity contribution in [3.63, 3.8) is 0 Å². The van der Waals surface area contributed by atoms with E-state index in [1.165, 1.54) is 40.3 Å². The van der Waals surface area contributed by atoms with Gasteiger partial charge in [-0.1, -0.05) is 53.4 Å². The minimum absolute atomic E-state index is 0.299. The van der Waals surface area contributed by atoms with Gasteiger partial charge in [0, 0.05) is 17.0 Å². The summed E-state index contributed by atoms with van der Waals surface area (Å²) < 4.78 is 14.4. The third-order valence-electron chi connectivity index (χ3n) is 3.88. The second kappa shape index (κ2) is 7.95. The number of nitrogens with one attached hydrogen (secondary N) is 1. The molecule has 0 radical (unpaired) electrons. The first-order chi connectivity index (χ1) is 12.0. The predicted molar refractivity (Wildman–Crippen MR) is 101 cm³/mol. The molecular weight excluding hydrogens is 357 g/mol. The Bertz CT molecular complexity index is 869. The van der Waals surface area contributed by atoms with Crippen LogP contribution in [0, 0.1) is 19.7 Å². The summed E-state index contributed by atoms with van der Waals surface area (Å²) in [6, 6.07) is 12.3. The van der Waals surface area contributed by atoms with Crippen LogP contribution in [0.25, 0.3) is 0 Å². The largest absolute Gasteiger partial charge is 0.387 e. The van der Waals surface area contributed by atoms with Gasteiger partial charge in [-0.2, -0.15) is 0 Å². The molecule has 0 fully saturated rings. The van der Waals surface area contributed by atoms with Crippen molar-refractivity contribution < 1.29 is 9.50 Å². The molecule has 0 amide bonds. The quantitative estimate of drug-likeness (QED) is 0.602. The number of benzene rings is 2. The Balaban J connectivity index is 1.62. The van der Waals surface area contributed by atoms with Crippen LogP contribution in [0.1, 0.15) is 22.8 Å². The maximum absolute atomic E-state index is 13.7. The van der Waals surface area contributed by atoms with Crippen LogP contribution >= 0.6 is 23.1 Å². The Morgan fingerprint density at radius 3 is 2.76 bits per heavy atom. The van der Waals surface area contributed by atoms with E-state index >= 15 is 0 Å². The van der Waals surface area contributed by atoms with Gasteiger partial charge in [0.1, 0.15) is 5.82 Å². The number of hydrogen-bond acceptors (Lipinski definition) is 6. The molecule has 25 heavy (non-hydrogen) atoms. The lowest BCUT2D eigenvalue weighted by molar-refractivity contribution is 0.199. The Hall–Kier alpha value is -1.96. The molecule has 7 heteroatoms. The van der Waals surface area contributed by atoms with Gasteiger partial charge in [0.05, 0.1) is 6.10 Å². The fourth-order valence-corrected chi connectivity index (χ4v) is 4.05. The number of hydrogen-bond donors (Lipinski definition) is 2. The third kappa shape index (κ3) is 4.36. The first-order valence-electron chi connectivity index (χ1n) is 7.76. The van der Waals surface area contributed by atoms with Crippen LogP contribution in [0.5, 0.6) is 0 Å². The van der Waals surface area contributed by atoms with E-state index in [1.807, 2.05) is 12.1 Å². The Morgan fingerprint density at radius 1 is 1.16 bits per heavy atom. The van der Waals surface area contributed by atoms with Gasteiger partial charge in [0.25, 0.3) is 0 Å². The Kier molecular flexibility index (Phi) is 5.67. The number of nitrogens with zero attached hydrogens (tertiary/aromatic N) is 2. The smallest absolute Gasteiger partial charge is 0.210 e. The van der Waals surface area contributed by atoms with Gasteiger partial charge in [0.2, 0.25) is 5.13 Å². The second-order valence-corrected chi connectivity index (χ2v) is 7.84. The van der Waals surface area contributed by atoms with Gasteiger partial charge < -0.3 is 10.4 Å². The molecule has 130 valence electrons. The summed E-state index contributed by atoms with van der Waals surface area (Å²) in [5.41, 5.74) is 3.67. The SMILES string of the molecule is Cc1cccc(Nc2nnc(SC[C@@H](O)c3ccccc3F)s2)c1C. The van der Waals surface area contributed by atoms with Crippen molar-refractivity contribution in [3.8, 4) is 0 Å². The first kappa shape index (κ1) is 17.8. The maximum atomic E-state index is 13.7. The van der Waals surface area contributed by atoms with Crippen LogP contribution in [-0.2, 0) is 0 Å². The molecular formula is C18H18FN3OS2. The zero-order chi connectivity index (χ0) is 17.8. The fourth-order valence-electron chi connectivity index (χ4n) is 2.31. The van der Waals surface area contributed by atoms with Crippen molar-refractivity contribution in [2.75, 3.05) is 11.1 Å². The summed E-state index contributed by atoms with van der Waals surface area (Å²) in [5, 5.41) is 22.4. The summed E-state index contributed by atoms with van der Waals surface area (Å²) in [7, 11) is 0. The molecule has 0 aliphatic carbocycles. The zero-order valence-corrected chi connectivity index (χ0v) is 15.5. The van der Waals surface area contributed by atoms with E-state index in [1.54, 1.807) is 18.2 Å². The van der Waals surface area contributed by atoms with Crippen LogP contribution in [0.4, 0.5) is 15.2 Å². The average molecular weight is 375 g/mol. The van der Waals surface area contributed by atoms with Gasteiger partial charge in [-0.25, -0.2) is 4.39 Å². The van der Waals surface area contributed by atoms with Gasteiger partial charge in [-0.15, -0.1) is 10.2 Å². The molecule has 2 aromatic carbocycles. The molecule has 0 aliphatic rings. The molecule has 0 saturated heterocycles. The van der Waals surface area contributed by atoms with Crippen molar-refractivity contribution in [2.45, 2.75) is 24.3 Å². The third-order valence-corrected chi connectivity index (χ3v) is 5.93. The van der Waals surface area contributed by atoms with Gasteiger partial charge in [-0.05, 0) is 37.1 Å². The Labute approximate surface area is 154 Å². The average Bonchev–Trinajstić information content (AvgIpc) is 3.05. The molecule has 1 aromatic heterocycles. The molecule has 0 bridgehead atoms. The minimum Gasteiger partial charge on any atom is -0.387 e. The van der Waals surface area contributed by atoms with E-state index in [4.69, 9.17) is 0 Å². The van der Waals surface area contributed by atoms with Crippen molar-refractivity contribution >= 4 is 33.9 Å². The van der Waals surface area contributed by atoms with E-state index in [0.717, 1.165) is 10.0 Å². The number of thioether (sulfide) groups is 1. The lowest BCUT2D eigenvalue weighted by atomic mass is 10.1. The highest BCUT2D eigenvalue weighted by Gasteiger charge is 2.14. The van der Waals surface area contributed by atoms with E-state index in [9.17, 15) is 9.50 Å². The molecule has 0 spiro atoms. The monoisotopic (exact) mass is 375 g/mol. The van der Waals surface area contributed by atoms with Crippen molar-refractivity contribution in [3.05, 3.63) is 65.0 Å². The van der Waals surface area contributed by atoms with Gasteiger partial charge in [-0.3, -0.25) is 0 Å². The number of aliphatic hydroxyl groups excluding tert-OH is 1. The molecule has 4 nitrogen and oxygen atoms in total. The summed E-state index contributed by atoms with van der Waals surface area (Å²) in [6.07, 6.45) is -0.884. The van der Waals surface area contributed by atoms with Crippen molar-refractivity contribution in [1.82, 2.24) is 10.2 Å². The lowest BCUT2D eigenvalue weighted by Gasteiger charge is -2.10. The van der Waals surface area contributed by atoms with Crippen LogP contribution < -0.4 is 5.32 Å². The van der Waals surface area contributed by atoms with E-state index in [-0.39, 0.29) is 0 Å². The highest BCUT2D eigenvalue weighted by molar-refractivity contribution is 8.01. The normalized spacial score (nSPS) is 12.2. The lowest BCUT2D eigenvalue weighted by Crippen LogP contribution is -2.03. The summed E-state index contributed by atoms with van der Waals surface area (Å²) in [6.45, 7) is 4.12. The predicted octanol–water partition coefficient (Wildman–Crippen LogP) is 4.86. The zero-order valence-electron chi connectivity index (χ0n) is 13.9. The molecule has 1 heterocycles. The number of halogens is 1. The number of aromatic nitrogens is 2. The van der Waals surface area contributed by atoms with Gasteiger partial charge in [0.15, 0.2) is 4.34 Å². The molecule has 1 atom stereocenters. The number of anilines is 2. The number of aliphatic hydroxyl groups is 1. The fraction of sp³-hybridized carbons (Fsp3) is 0.222. The summed E-state index contributed by atoms with van der Waals surface area (Å²) in [5.74, 6) is -0.0795. The van der Waals surface area contributed by atoms with Crippen LogP contribution in [0.15, 0.2) is 46.8 Å². The molecule has 3 aromatic rings. The second-order valence-electron chi connectivity index (χ2n) is 5.59. The van der Waals surface area contributed by atoms with Crippen LogP contribution in [0.2, 0.25) is 0 Å². The Morgan fingerprint density at radius 2 is 1.96 bits per heavy atom. The summed E-state index contributed by atoms with van der Waals surface area (Å²) in [4.78, 5) is 0. The van der Waals surface area contributed by atoms with Crippen molar-refractivity contribution in [1.29, 1.82) is 0 Å². The number of rotatable bonds is 6. The van der Waals surface area contributed by atoms with E-state index < -0.39 is 11.9 Å². The molecule has 3 rings (SSSR count). The number of aryl methyl sites for hydroxylation is 1. The highest BCUT2D eigenvalue weighted by atomic mass is 32.2. The van der Waals surface area contributed by atoms with Crippen LogP contribution in [-0.4, -0.2) is 21.1 Å². The maximum Gasteiger partial charge on any atom is 0.210 e. The highest BCUT2D eigenvalue weighted by Crippen LogP contribution is 2.32. The van der Waals surface area contributed by atoms with E-state index in [0.29, 0.717) is 16.4 Å². The first-order valence-corrected chi connectivity index (χ1v) is 9.57. The van der Waals surface area contributed by atoms with Gasteiger partial charge >= 0.3 is 0 Å². The minimum atomic E-state index is -0.884. The molecule has 0 aliphatic heterocycles. The van der Waals surface area contributed by atoms with Crippen molar-refractivity contribution in [2.24, 2.45) is 0 Å².